The van der Waals surface area contributed by atoms with Crippen molar-refractivity contribution in [3.8, 4) is 0 Å². The van der Waals surface area contributed by atoms with E-state index in [4.69, 9.17) is 0 Å². The Kier molecular flexibility index (Phi) is 3.31. The zero-order chi connectivity index (χ0) is 14.2. The molecule has 1 aromatic rings. The Labute approximate surface area is 124 Å². The summed E-state index contributed by atoms with van der Waals surface area (Å²) in [6.45, 7) is 3.59. The van der Waals surface area contributed by atoms with E-state index < -0.39 is 0 Å². The molecule has 2 atom stereocenters. The average molecular weight is 289 g/mol. The van der Waals surface area contributed by atoms with Gasteiger partial charge in [0.1, 0.15) is 11.6 Å². The number of hydrogen-bond acceptors (Lipinski definition) is 3. The van der Waals surface area contributed by atoms with Crippen molar-refractivity contribution < 1.29 is 4.79 Å². The smallest absolute Gasteiger partial charge is 0.317 e. The molecular weight excluding hydrogens is 266 g/mol. The summed E-state index contributed by atoms with van der Waals surface area (Å²) >= 11 is 0. The zero-order valence-electron chi connectivity index (χ0n) is 12.4. The van der Waals surface area contributed by atoms with Crippen molar-refractivity contribution in [2.24, 2.45) is 11.8 Å². The van der Waals surface area contributed by atoms with E-state index in [0.29, 0.717) is 6.54 Å². The maximum absolute atomic E-state index is 12.2. The number of aryl methyl sites for hydroxylation is 1. The van der Waals surface area contributed by atoms with Gasteiger partial charge in [0.05, 0.1) is 0 Å². The predicted molar refractivity (Wildman–Crippen MR) is 77.8 cm³/mol. The lowest BCUT2D eigenvalue weighted by Gasteiger charge is -2.18. The number of likely N-dealkylation sites (tertiary alicyclic amines) is 1. The topological polar surface area (TPSA) is 63.1 Å². The summed E-state index contributed by atoms with van der Waals surface area (Å²) in [5.74, 6) is 3.64. The Hall–Kier alpha value is -1.59. The molecule has 6 nitrogen and oxygen atoms in total. The molecule has 0 bridgehead atoms. The van der Waals surface area contributed by atoms with Gasteiger partial charge in [-0.1, -0.05) is 6.42 Å². The number of carbonyl (C=O) groups is 1. The number of fused-ring (bicyclic) bond motifs is 2. The van der Waals surface area contributed by atoms with Gasteiger partial charge in [0, 0.05) is 39.0 Å². The van der Waals surface area contributed by atoms with Crippen LogP contribution in [0.25, 0.3) is 0 Å². The quantitative estimate of drug-likeness (QED) is 0.909. The largest absolute Gasteiger partial charge is 0.338 e. The van der Waals surface area contributed by atoms with Crippen LogP contribution in [0.2, 0.25) is 0 Å². The first-order chi connectivity index (χ1) is 10.3. The molecule has 21 heavy (non-hydrogen) atoms. The first-order valence-corrected chi connectivity index (χ1v) is 8.25. The highest BCUT2D eigenvalue weighted by atomic mass is 16.2. The summed E-state index contributed by atoms with van der Waals surface area (Å²) in [5, 5.41) is 11.5. The highest BCUT2D eigenvalue weighted by molar-refractivity contribution is 5.74. The van der Waals surface area contributed by atoms with E-state index in [1.807, 2.05) is 4.90 Å². The number of hydrogen-bond donors (Lipinski definition) is 1. The van der Waals surface area contributed by atoms with E-state index >= 15 is 0 Å². The molecule has 0 radical (unpaired) electrons. The standard InChI is InChI=1S/C15H23N5O/c21-15(19-9-11-3-1-4-12(11)10-19)16-7-6-14-18-17-13-5-2-8-20(13)14/h11-12H,1-10H2,(H,16,21)/t11-,12-/m1/s1. The maximum atomic E-state index is 12.2. The van der Waals surface area contributed by atoms with Crippen LogP contribution in [0.5, 0.6) is 0 Å². The third-order valence-corrected chi connectivity index (χ3v) is 5.32. The van der Waals surface area contributed by atoms with Crippen molar-refractivity contribution in [3.05, 3.63) is 11.6 Å². The van der Waals surface area contributed by atoms with Crippen LogP contribution in [0.15, 0.2) is 0 Å². The molecule has 4 rings (SSSR count). The Bertz CT molecular complexity index is 528. The monoisotopic (exact) mass is 289 g/mol. The van der Waals surface area contributed by atoms with Crippen molar-refractivity contribution in [1.82, 2.24) is 25.0 Å². The second-order valence-electron chi connectivity index (χ2n) is 6.63. The number of nitrogens with one attached hydrogen (secondary N) is 1. The molecular formula is C15H23N5O. The summed E-state index contributed by atoms with van der Waals surface area (Å²) in [4.78, 5) is 14.2. The molecule has 1 saturated heterocycles. The number of nitrogens with zero attached hydrogens (tertiary/aromatic N) is 4. The summed E-state index contributed by atoms with van der Waals surface area (Å²) in [6, 6.07) is 0.102. The lowest BCUT2D eigenvalue weighted by Crippen LogP contribution is -2.40. The molecule has 114 valence electrons. The van der Waals surface area contributed by atoms with Gasteiger partial charge in [-0.25, -0.2) is 4.79 Å². The van der Waals surface area contributed by atoms with Gasteiger partial charge in [-0.2, -0.15) is 0 Å². The molecule has 1 saturated carbocycles. The molecule has 1 aliphatic carbocycles. The zero-order valence-corrected chi connectivity index (χ0v) is 12.4. The van der Waals surface area contributed by atoms with Gasteiger partial charge in [-0.15, -0.1) is 10.2 Å². The normalized spacial score (nSPS) is 27.0. The minimum Gasteiger partial charge on any atom is -0.338 e. The van der Waals surface area contributed by atoms with Crippen LogP contribution in [-0.2, 0) is 19.4 Å². The Balaban J connectivity index is 1.26. The molecule has 3 aliphatic rings. The summed E-state index contributed by atoms with van der Waals surface area (Å²) < 4.78 is 2.20. The fourth-order valence-electron chi connectivity index (χ4n) is 4.19. The highest BCUT2D eigenvalue weighted by Gasteiger charge is 2.37. The van der Waals surface area contributed by atoms with E-state index in [9.17, 15) is 4.79 Å². The Morgan fingerprint density at radius 3 is 2.81 bits per heavy atom. The molecule has 3 heterocycles. The summed E-state index contributed by atoms with van der Waals surface area (Å²) in [7, 11) is 0. The van der Waals surface area contributed by atoms with Crippen molar-refractivity contribution in [3.63, 3.8) is 0 Å². The number of carbonyl (C=O) groups excluding carboxylic acids is 1. The fraction of sp³-hybridized carbons (Fsp3) is 0.800. The van der Waals surface area contributed by atoms with E-state index in [0.717, 1.165) is 56.0 Å². The van der Waals surface area contributed by atoms with E-state index in [1.54, 1.807) is 0 Å². The minimum atomic E-state index is 0.102. The molecule has 2 fully saturated rings. The second kappa shape index (κ2) is 5.31. The van der Waals surface area contributed by atoms with E-state index in [2.05, 4.69) is 20.1 Å². The van der Waals surface area contributed by atoms with Gasteiger partial charge in [0.25, 0.3) is 0 Å². The molecule has 1 aromatic heterocycles. The highest BCUT2D eigenvalue weighted by Crippen LogP contribution is 2.37. The lowest BCUT2D eigenvalue weighted by molar-refractivity contribution is 0.205. The van der Waals surface area contributed by atoms with Crippen LogP contribution in [0.1, 0.15) is 37.3 Å². The molecule has 0 spiro atoms. The molecule has 0 unspecified atom stereocenters. The number of amides is 2. The van der Waals surface area contributed by atoms with E-state index in [1.165, 1.54) is 25.7 Å². The van der Waals surface area contributed by atoms with E-state index in [-0.39, 0.29) is 6.03 Å². The van der Waals surface area contributed by atoms with Crippen LogP contribution in [0, 0.1) is 11.8 Å². The van der Waals surface area contributed by atoms with Crippen LogP contribution in [0.4, 0.5) is 4.79 Å². The van der Waals surface area contributed by atoms with Gasteiger partial charge < -0.3 is 14.8 Å². The van der Waals surface area contributed by atoms with Gasteiger partial charge >= 0.3 is 6.03 Å². The minimum absolute atomic E-state index is 0.102. The third kappa shape index (κ3) is 2.40. The van der Waals surface area contributed by atoms with Gasteiger partial charge in [-0.3, -0.25) is 0 Å². The predicted octanol–water partition coefficient (Wildman–Crippen LogP) is 1.21. The molecule has 2 aliphatic heterocycles. The summed E-state index contributed by atoms with van der Waals surface area (Å²) in [6.07, 6.45) is 6.94. The number of rotatable bonds is 3. The first-order valence-electron chi connectivity index (χ1n) is 8.25. The second-order valence-corrected chi connectivity index (χ2v) is 6.63. The molecule has 0 aromatic carbocycles. The van der Waals surface area contributed by atoms with Crippen molar-refractivity contribution in [2.45, 2.75) is 45.1 Å². The van der Waals surface area contributed by atoms with Crippen molar-refractivity contribution in [1.29, 1.82) is 0 Å². The lowest BCUT2D eigenvalue weighted by atomic mass is 10.0. The Morgan fingerprint density at radius 2 is 2.00 bits per heavy atom. The average Bonchev–Trinajstić information content (AvgIpc) is 3.19. The maximum Gasteiger partial charge on any atom is 0.317 e. The van der Waals surface area contributed by atoms with Gasteiger partial charge in [-0.05, 0) is 31.1 Å². The summed E-state index contributed by atoms with van der Waals surface area (Å²) in [5.41, 5.74) is 0. The fourth-order valence-corrected chi connectivity index (χ4v) is 4.19. The van der Waals surface area contributed by atoms with Crippen LogP contribution >= 0.6 is 0 Å². The number of urea groups is 1. The number of aromatic nitrogens is 3. The Morgan fingerprint density at radius 1 is 1.19 bits per heavy atom. The van der Waals surface area contributed by atoms with Crippen LogP contribution < -0.4 is 5.32 Å². The molecule has 6 heteroatoms. The van der Waals surface area contributed by atoms with Gasteiger partial charge in [0.2, 0.25) is 0 Å². The van der Waals surface area contributed by atoms with Crippen molar-refractivity contribution in [2.75, 3.05) is 19.6 Å². The first kappa shape index (κ1) is 13.1. The molecule has 2 amide bonds. The van der Waals surface area contributed by atoms with Crippen LogP contribution in [0.3, 0.4) is 0 Å². The SMILES string of the molecule is O=C(NCCc1nnc2n1CCC2)N1C[C@H]2CCC[C@@H]2C1. The third-order valence-electron chi connectivity index (χ3n) is 5.32. The van der Waals surface area contributed by atoms with Crippen molar-refractivity contribution >= 4 is 6.03 Å². The van der Waals surface area contributed by atoms with Gasteiger partial charge in [0.15, 0.2) is 0 Å². The van der Waals surface area contributed by atoms with Crippen LogP contribution in [-0.4, -0.2) is 45.3 Å². The molecule has 1 N–H and O–H groups in total.